The largest absolute Gasteiger partial charge is 0.340 e. The first-order chi connectivity index (χ1) is 7.79. The Hall–Kier alpha value is -1.54. The molecule has 0 fully saturated rings. The number of alkyl halides is 1. The molecule has 0 amide bonds. The van der Waals surface area contributed by atoms with E-state index < -0.39 is 0 Å². The minimum absolute atomic E-state index is 0.495. The first-order valence-corrected chi connectivity index (χ1v) is 5.66. The molecule has 2 rings (SSSR count). The normalized spacial score (nSPS) is 10.1. The maximum absolute atomic E-state index is 5.86. The van der Waals surface area contributed by atoms with Crippen LogP contribution in [-0.4, -0.2) is 4.98 Å². The molecule has 3 heteroatoms. The van der Waals surface area contributed by atoms with Crippen molar-refractivity contribution in [2.45, 2.75) is 12.8 Å². The Morgan fingerprint density at radius 3 is 2.69 bits per heavy atom. The highest BCUT2D eigenvalue weighted by Gasteiger charge is 2.00. The van der Waals surface area contributed by atoms with Crippen LogP contribution in [0.25, 0.3) is 0 Å². The van der Waals surface area contributed by atoms with E-state index in [2.05, 4.69) is 10.3 Å². The van der Waals surface area contributed by atoms with Crippen molar-refractivity contribution in [3.63, 3.8) is 0 Å². The summed E-state index contributed by atoms with van der Waals surface area (Å²) in [5.41, 5.74) is 3.23. The zero-order valence-electron chi connectivity index (χ0n) is 9.07. The van der Waals surface area contributed by atoms with Crippen LogP contribution in [0.4, 0.5) is 11.5 Å². The van der Waals surface area contributed by atoms with E-state index in [1.807, 2.05) is 49.5 Å². The van der Waals surface area contributed by atoms with Gasteiger partial charge in [0.25, 0.3) is 0 Å². The number of nitrogens with one attached hydrogen (secondary N) is 1. The molecule has 0 saturated carbocycles. The van der Waals surface area contributed by atoms with E-state index in [0.29, 0.717) is 5.88 Å². The van der Waals surface area contributed by atoms with E-state index in [-0.39, 0.29) is 0 Å². The fourth-order valence-corrected chi connectivity index (χ4v) is 1.67. The van der Waals surface area contributed by atoms with Gasteiger partial charge in [0.2, 0.25) is 0 Å². The fraction of sp³-hybridized carbons (Fsp3) is 0.154. The van der Waals surface area contributed by atoms with E-state index in [9.17, 15) is 0 Å². The quantitative estimate of drug-likeness (QED) is 0.813. The number of benzene rings is 1. The molecule has 0 aliphatic rings. The van der Waals surface area contributed by atoms with Crippen LogP contribution in [-0.2, 0) is 5.88 Å². The van der Waals surface area contributed by atoms with Crippen LogP contribution in [0.15, 0.2) is 42.6 Å². The van der Waals surface area contributed by atoms with Crippen molar-refractivity contribution in [3.8, 4) is 0 Å². The number of aryl methyl sites for hydroxylation is 1. The molecule has 1 heterocycles. The van der Waals surface area contributed by atoms with Gasteiger partial charge >= 0.3 is 0 Å². The Kier molecular flexibility index (Phi) is 3.42. The molecule has 0 radical (unpaired) electrons. The molecule has 1 aromatic heterocycles. The third kappa shape index (κ3) is 2.52. The van der Waals surface area contributed by atoms with Gasteiger partial charge < -0.3 is 5.32 Å². The van der Waals surface area contributed by atoms with Gasteiger partial charge in [0, 0.05) is 17.8 Å². The molecule has 1 N–H and O–H groups in total. The zero-order chi connectivity index (χ0) is 11.4. The predicted octanol–water partition coefficient (Wildman–Crippen LogP) is 3.87. The molecule has 0 saturated heterocycles. The Labute approximate surface area is 100 Å². The number of para-hydroxylation sites is 1. The molecule has 82 valence electrons. The van der Waals surface area contributed by atoms with E-state index in [1.165, 1.54) is 0 Å². The lowest BCUT2D eigenvalue weighted by Gasteiger charge is -2.09. The van der Waals surface area contributed by atoms with Gasteiger partial charge in [-0.05, 0) is 30.2 Å². The molecule has 1 aromatic carbocycles. The maximum atomic E-state index is 5.86. The number of rotatable bonds is 3. The molecular weight excluding hydrogens is 220 g/mol. The van der Waals surface area contributed by atoms with Crippen molar-refractivity contribution >= 4 is 23.1 Å². The summed E-state index contributed by atoms with van der Waals surface area (Å²) in [6, 6.07) is 11.9. The highest BCUT2D eigenvalue weighted by atomic mass is 35.5. The van der Waals surface area contributed by atoms with Crippen molar-refractivity contribution in [1.29, 1.82) is 0 Å². The van der Waals surface area contributed by atoms with Crippen molar-refractivity contribution in [3.05, 3.63) is 53.7 Å². The van der Waals surface area contributed by atoms with Crippen LogP contribution < -0.4 is 5.32 Å². The maximum Gasteiger partial charge on any atom is 0.130 e. The van der Waals surface area contributed by atoms with E-state index in [4.69, 9.17) is 11.6 Å². The lowest BCUT2D eigenvalue weighted by molar-refractivity contribution is 1.25. The third-order valence-corrected chi connectivity index (χ3v) is 2.62. The molecule has 0 bridgehead atoms. The summed E-state index contributed by atoms with van der Waals surface area (Å²) in [6.45, 7) is 2.02. The number of pyridine rings is 1. The van der Waals surface area contributed by atoms with Crippen LogP contribution >= 0.6 is 11.6 Å². The van der Waals surface area contributed by atoms with Crippen LogP contribution in [0.5, 0.6) is 0 Å². The Bertz CT molecular complexity index is 466. The van der Waals surface area contributed by atoms with Crippen LogP contribution in [0.3, 0.4) is 0 Å². The Balaban J connectivity index is 2.23. The molecule has 16 heavy (non-hydrogen) atoms. The number of anilines is 2. The molecule has 0 spiro atoms. The molecule has 0 unspecified atom stereocenters. The number of halogens is 1. The molecule has 0 aliphatic carbocycles. The van der Waals surface area contributed by atoms with E-state index >= 15 is 0 Å². The van der Waals surface area contributed by atoms with Gasteiger partial charge in [0.1, 0.15) is 5.82 Å². The summed E-state index contributed by atoms with van der Waals surface area (Å²) >= 11 is 5.86. The van der Waals surface area contributed by atoms with Gasteiger partial charge in [-0.3, -0.25) is 0 Å². The van der Waals surface area contributed by atoms with Gasteiger partial charge in [0.15, 0.2) is 0 Å². The van der Waals surface area contributed by atoms with Gasteiger partial charge in [-0.1, -0.05) is 24.3 Å². The smallest absolute Gasteiger partial charge is 0.130 e. The number of hydrogen-bond acceptors (Lipinski definition) is 2. The second kappa shape index (κ2) is 4.99. The Morgan fingerprint density at radius 2 is 2.00 bits per heavy atom. The second-order valence-corrected chi connectivity index (χ2v) is 3.90. The minimum Gasteiger partial charge on any atom is -0.340 e. The fourth-order valence-electron chi connectivity index (χ4n) is 1.44. The highest BCUT2D eigenvalue weighted by molar-refractivity contribution is 6.17. The topological polar surface area (TPSA) is 24.9 Å². The van der Waals surface area contributed by atoms with Crippen LogP contribution in [0.2, 0.25) is 0 Å². The minimum atomic E-state index is 0.495. The van der Waals surface area contributed by atoms with E-state index in [1.54, 1.807) is 0 Å². The lowest BCUT2D eigenvalue weighted by Crippen LogP contribution is -1.96. The molecule has 0 atom stereocenters. The van der Waals surface area contributed by atoms with Gasteiger partial charge in [-0.2, -0.15) is 0 Å². The lowest BCUT2D eigenvalue weighted by atomic mass is 10.2. The summed E-state index contributed by atoms with van der Waals surface area (Å²) in [5, 5.41) is 3.26. The summed E-state index contributed by atoms with van der Waals surface area (Å²) < 4.78 is 0. The number of nitrogens with zero attached hydrogens (tertiary/aromatic N) is 1. The summed E-state index contributed by atoms with van der Waals surface area (Å²) in [6.07, 6.45) is 1.84. The standard InChI is InChI=1S/C13H13ClN2/c1-10-6-7-13(15-9-10)16-12-5-3-2-4-11(12)8-14/h2-7,9H,8H2,1H3,(H,15,16). The molecule has 2 nitrogen and oxygen atoms in total. The zero-order valence-corrected chi connectivity index (χ0v) is 9.83. The first kappa shape index (κ1) is 11.0. The van der Waals surface area contributed by atoms with Crippen LogP contribution in [0, 0.1) is 6.92 Å². The summed E-state index contributed by atoms with van der Waals surface area (Å²) in [5.74, 6) is 1.33. The average molecular weight is 233 g/mol. The predicted molar refractivity (Wildman–Crippen MR) is 68.3 cm³/mol. The second-order valence-electron chi connectivity index (χ2n) is 3.64. The average Bonchev–Trinajstić information content (AvgIpc) is 2.33. The van der Waals surface area contributed by atoms with Gasteiger partial charge in [-0.25, -0.2) is 4.98 Å². The van der Waals surface area contributed by atoms with E-state index in [0.717, 1.165) is 22.6 Å². The molecular formula is C13H13ClN2. The molecule has 2 aromatic rings. The van der Waals surface area contributed by atoms with Crippen molar-refractivity contribution in [2.75, 3.05) is 5.32 Å². The number of aromatic nitrogens is 1. The highest BCUT2D eigenvalue weighted by Crippen LogP contribution is 2.20. The van der Waals surface area contributed by atoms with Crippen LogP contribution in [0.1, 0.15) is 11.1 Å². The summed E-state index contributed by atoms with van der Waals surface area (Å²) in [7, 11) is 0. The Morgan fingerprint density at radius 1 is 1.19 bits per heavy atom. The third-order valence-electron chi connectivity index (χ3n) is 2.34. The monoisotopic (exact) mass is 232 g/mol. The summed E-state index contributed by atoms with van der Waals surface area (Å²) in [4.78, 5) is 4.29. The van der Waals surface area contributed by atoms with Crippen molar-refractivity contribution < 1.29 is 0 Å². The SMILES string of the molecule is Cc1ccc(Nc2ccccc2CCl)nc1. The first-order valence-electron chi connectivity index (χ1n) is 5.13. The van der Waals surface area contributed by atoms with Gasteiger partial charge in [-0.15, -0.1) is 11.6 Å². The van der Waals surface area contributed by atoms with Gasteiger partial charge in [0.05, 0.1) is 0 Å². The molecule has 0 aliphatic heterocycles. The van der Waals surface area contributed by atoms with Crippen molar-refractivity contribution in [2.24, 2.45) is 0 Å². The number of hydrogen-bond donors (Lipinski definition) is 1. The van der Waals surface area contributed by atoms with Crippen molar-refractivity contribution in [1.82, 2.24) is 4.98 Å².